The van der Waals surface area contributed by atoms with Gasteiger partial charge in [0.1, 0.15) is 5.75 Å². The van der Waals surface area contributed by atoms with Gasteiger partial charge < -0.3 is 10.5 Å². The van der Waals surface area contributed by atoms with E-state index >= 15 is 0 Å². The molecular weight excluding hydrogens is 290 g/mol. The molecule has 0 spiro atoms. The minimum absolute atomic E-state index is 0.196. The van der Waals surface area contributed by atoms with Crippen molar-refractivity contribution in [3.05, 3.63) is 53.1 Å². The van der Waals surface area contributed by atoms with Crippen LogP contribution in [-0.2, 0) is 11.2 Å². The number of methoxy groups -OCH3 is 1. The second kappa shape index (κ2) is 6.96. The number of aryl methyl sites for hydroxylation is 1. The first-order valence-corrected chi connectivity index (χ1v) is 7.29. The van der Waals surface area contributed by atoms with Crippen LogP contribution in [0.4, 0.5) is 0 Å². The van der Waals surface area contributed by atoms with Crippen molar-refractivity contribution in [1.29, 1.82) is 5.41 Å². The van der Waals surface area contributed by atoms with Gasteiger partial charge in [-0.3, -0.25) is 15.5 Å². The highest BCUT2D eigenvalue weighted by atomic mass is 16.5. The molecule has 0 aliphatic carbocycles. The largest absolute Gasteiger partial charge is 0.497 e. The van der Waals surface area contributed by atoms with Gasteiger partial charge in [0, 0.05) is 0 Å². The third-order valence-corrected chi connectivity index (χ3v) is 3.85. The molecule has 0 aliphatic rings. The predicted molar refractivity (Wildman–Crippen MR) is 91.7 cm³/mol. The Bertz CT molecular complexity index is 737. The molecule has 23 heavy (non-hydrogen) atoms. The number of ether oxygens (including phenoxy) is 1. The Kier molecular flexibility index (Phi) is 5.01. The standard InChI is InChI=1S/C18H21N3O2/c1-11-4-9-15(13-5-7-14(23-3)8-6-13)12(2)16(11)10-17(22)21-18(19)20/h4-9H,10H2,1-3H3,(H4,19,20,21,22). The molecule has 5 heteroatoms. The molecule has 0 saturated heterocycles. The number of hydrogen-bond donors (Lipinski definition) is 3. The second-order valence-electron chi connectivity index (χ2n) is 5.40. The van der Waals surface area contributed by atoms with Gasteiger partial charge in [-0.15, -0.1) is 0 Å². The fourth-order valence-corrected chi connectivity index (χ4v) is 2.60. The Morgan fingerprint density at radius 3 is 2.39 bits per heavy atom. The molecule has 0 atom stereocenters. The number of nitrogens with one attached hydrogen (secondary N) is 2. The van der Waals surface area contributed by atoms with Gasteiger partial charge in [-0.25, -0.2) is 0 Å². The third kappa shape index (κ3) is 3.88. The van der Waals surface area contributed by atoms with Crippen molar-refractivity contribution in [2.75, 3.05) is 7.11 Å². The number of benzene rings is 2. The van der Waals surface area contributed by atoms with E-state index in [1.54, 1.807) is 7.11 Å². The molecule has 2 rings (SSSR count). The maximum absolute atomic E-state index is 11.9. The van der Waals surface area contributed by atoms with Crippen LogP contribution in [0.5, 0.6) is 5.75 Å². The predicted octanol–water partition coefficient (Wildman–Crippen LogP) is 2.53. The molecule has 0 fully saturated rings. The van der Waals surface area contributed by atoms with Gasteiger partial charge in [0.2, 0.25) is 5.91 Å². The summed E-state index contributed by atoms with van der Waals surface area (Å²) in [5.74, 6) is 0.187. The summed E-state index contributed by atoms with van der Waals surface area (Å²) in [6, 6.07) is 11.9. The molecule has 0 heterocycles. The average Bonchev–Trinajstić information content (AvgIpc) is 2.51. The number of amides is 1. The van der Waals surface area contributed by atoms with E-state index in [2.05, 4.69) is 11.4 Å². The van der Waals surface area contributed by atoms with E-state index in [9.17, 15) is 4.79 Å². The lowest BCUT2D eigenvalue weighted by Crippen LogP contribution is -2.36. The van der Waals surface area contributed by atoms with Gasteiger partial charge in [-0.2, -0.15) is 0 Å². The fraction of sp³-hybridized carbons (Fsp3) is 0.222. The first-order chi connectivity index (χ1) is 10.9. The lowest BCUT2D eigenvalue weighted by atomic mass is 9.91. The molecule has 0 radical (unpaired) electrons. The average molecular weight is 311 g/mol. The zero-order valence-electron chi connectivity index (χ0n) is 13.6. The zero-order valence-corrected chi connectivity index (χ0v) is 13.6. The maximum Gasteiger partial charge on any atom is 0.231 e. The van der Waals surface area contributed by atoms with Crippen LogP contribution in [0.25, 0.3) is 11.1 Å². The van der Waals surface area contributed by atoms with Gasteiger partial charge in [0.25, 0.3) is 0 Å². The number of guanidine groups is 1. The Morgan fingerprint density at radius 1 is 1.17 bits per heavy atom. The van der Waals surface area contributed by atoms with Crippen LogP contribution >= 0.6 is 0 Å². The Labute approximate surface area is 136 Å². The smallest absolute Gasteiger partial charge is 0.231 e. The topological polar surface area (TPSA) is 88.2 Å². The lowest BCUT2D eigenvalue weighted by Gasteiger charge is -2.15. The molecule has 4 N–H and O–H groups in total. The number of hydrogen-bond acceptors (Lipinski definition) is 3. The van der Waals surface area contributed by atoms with E-state index in [1.165, 1.54) is 0 Å². The van der Waals surface area contributed by atoms with Crippen molar-refractivity contribution >= 4 is 11.9 Å². The third-order valence-electron chi connectivity index (χ3n) is 3.85. The normalized spacial score (nSPS) is 10.2. The first-order valence-electron chi connectivity index (χ1n) is 7.29. The van der Waals surface area contributed by atoms with Crippen LogP contribution in [0.1, 0.15) is 16.7 Å². The molecule has 5 nitrogen and oxygen atoms in total. The second-order valence-corrected chi connectivity index (χ2v) is 5.40. The van der Waals surface area contributed by atoms with E-state index < -0.39 is 0 Å². The lowest BCUT2D eigenvalue weighted by molar-refractivity contribution is -0.119. The molecule has 2 aromatic carbocycles. The molecule has 0 saturated carbocycles. The molecule has 1 amide bonds. The van der Waals surface area contributed by atoms with Gasteiger partial charge in [0.15, 0.2) is 5.96 Å². The molecule has 0 unspecified atom stereocenters. The van der Waals surface area contributed by atoms with Crippen LogP contribution in [0, 0.1) is 19.3 Å². The molecule has 0 bridgehead atoms. The fourth-order valence-electron chi connectivity index (χ4n) is 2.60. The van der Waals surface area contributed by atoms with Gasteiger partial charge in [-0.05, 0) is 53.8 Å². The van der Waals surface area contributed by atoms with E-state index in [1.807, 2.05) is 44.2 Å². The molecule has 0 aromatic heterocycles. The highest BCUT2D eigenvalue weighted by Gasteiger charge is 2.13. The number of nitrogens with two attached hydrogens (primary N) is 1. The van der Waals surface area contributed by atoms with Gasteiger partial charge in [0.05, 0.1) is 13.5 Å². The van der Waals surface area contributed by atoms with Crippen molar-refractivity contribution in [3.8, 4) is 16.9 Å². The van der Waals surface area contributed by atoms with Crippen LogP contribution in [-0.4, -0.2) is 19.0 Å². The zero-order chi connectivity index (χ0) is 17.0. The summed E-state index contributed by atoms with van der Waals surface area (Å²) in [7, 11) is 1.64. The van der Waals surface area contributed by atoms with E-state index in [4.69, 9.17) is 15.9 Å². The van der Waals surface area contributed by atoms with Crippen LogP contribution in [0.15, 0.2) is 36.4 Å². The van der Waals surface area contributed by atoms with Gasteiger partial charge in [-0.1, -0.05) is 24.3 Å². The van der Waals surface area contributed by atoms with Crippen LogP contribution in [0.2, 0.25) is 0 Å². The first kappa shape index (κ1) is 16.5. The highest BCUT2D eigenvalue weighted by molar-refractivity contribution is 5.96. The summed E-state index contributed by atoms with van der Waals surface area (Å²) in [6.07, 6.45) is 0.196. The van der Waals surface area contributed by atoms with Crippen molar-refractivity contribution in [3.63, 3.8) is 0 Å². The highest BCUT2D eigenvalue weighted by Crippen LogP contribution is 2.29. The Hall–Kier alpha value is -2.82. The van der Waals surface area contributed by atoms with Crippen LogP contribution < -0.4 is 15.8 Å². The molecular formula is C18H21N3O2. The van der Waals surface area contributed by atoms with E-state index in [0.717, 1.165) is 33.6 Å². The van der Waals surface area contributed by atoms with Crippen LogP contribution in [0.3, 0.4) is 0 Å². The quantitative estimate of drug-likeness (QED) is 0.599. The monoisotopic (exact) mass is 311 g/mol. The minimum Gasteiger partial charge on any atom is -0.497 e. The summed E-state index contributed by atoms with van der Waals surface area (Å²) in [6.45, 7) is 3.98. The summed E-state index contributed by atoms with van der Waals surface area (Å²) < 4.78 is 5.18. The SMILES string of the molecule is COc1ccc(-c2ccc(C)c(CC(=O)NC(=N)N)c2C)cc1. The molecule has 2 aromatic rings. The van der Waals surface area contributed by atoms with Crippen molar-refractivity contribution < 1.29 is 9.53 Å². The van der Waals surface area contributed by atoms with Gasteiger partial charge >= 0.3 is 0 Å². The van der Waals surface area contributed by atoms with E-state index in [0.29, 0.717) is 0 Å². The number of carbonyl (C=O) groups excluding carboxylic acids is 1. The molecule has 0 aliphatic heterocycles. The summed E-state index contributed by atoms with van der Waals surface area (Å²) in [5, 5.41) is 9.47. The Balaban J connectivity index is 2.37. The Morgan fingerprint density at radius 2 is 1.83 bits per heavy atom. The molecule has 120 valence electrons. The van der Waals surface area contributed by atoms with Crippen molar-refractivity contribution in [1.82, 2.24) is 5.32 Å². The minimum atomic E-state index is -0.336. The summed E-state index contributed by atoms with van der Waals surface area (Å²) in [5.41, 5.74) is 10.4. The number of rotatable bonds is 4. The number of carbonyl (C=O) groups is 1. The van der Waals surface area contributed by atoms with E-state index in [-0.39, 0.29) is 18.3 Å². The summed E-state index contributed by atoms with van der Waals surface area (Å²) in [4.78, 5) is 11.9. The maximum atomic E-state index is 11.9. The summed E-state index contributed by atoms with van der Waals surface area (Å²) >= 11 is 0. The van der Waals surface area contributed by atoms with Crippen molar-refractivity contribution in [2.45, 2.75) is 20.3 Å². The van der Waals surface area contributed by atoms with Crippen molar-refractivity contribution in [2.24, 2.45) is 5.73 Å².